The summed E-state index contributed by atoms with van der Waals surface area (Å²) in [6.45, 7) is 1.60. The number of nitrogens with zero attached hydrogens (tertiary/aromatic N) is 1. The summed E-state index contributed by atoms with van der Waals surface area (Å²) in [4.78, 5) is 22.1. The van der Waals surface area contributed by atoms with Crippen LogP contribution in [0.3, 0.4) is 0 Å². The van der Waals surface area contributed by atoms with Gasteiger partial charge in [0.2, 0.25) is 0 Å². The first-order valence-electron chi connectivity index (χ1n) is 6.38. The Morgan fingerprint density at radius 3 is 2.55 bits per heavy atom. The molecule has 114 valence electrons. The van der Waals surface area contributed by atoms with E-state index in [9.17, 15) is 23.7 Å². The van der Waals surface area contributed by atoms with Gasteiger partial charge in [0.25, 0.3) is 11.6 Å². The van der Waals surface area contributed by atoms with Crippen LogP contribution in [0.2, 0.25) is 0 Å². The highest BCUT2D eigenvalue weighted by Crippen LogP contribution is 2.18. The minimum atomic E-state index is -1.01. The van der Waals surface area contributed by atoms with Gasteiger partial charge < -0.3 is 5.32 Å². The highest BCUT2D eigenvalue weighted by atomic mass is 19.2. The summed E-state index contributed by atoms with van der Waals surface area (Å²) in [5.41, 5.74) is 0.300. The lowest BCUT2D eigenvalue weighted by Gasteiger charge is -2.14. The first kappa shape index (κ1) is 15.6. The van der Waals surface area contributed by atoms with Crippen LogP contribution in [-0.4, -0.2) is 10.8 Å². The molecule has 0 heterocycles. The number of nitro benzene ring substituents is 1. The lowest BCUT2D eigenvalue weighted by Crippen LogP contribution is -2.26. The molecule has 2 aromatic rings. The van der Waals surface area contributed by atoms with Crippen molar-refractivity contribution < 1.29 is 18.5 Å². The molecule has 0 spiro atoms. The van der Waals surface area contributed by atoms with Crippen molar-refractivity contribution in [2.45, 2.75) is 13.0 Å². The number of nitro groups is 1. The second-order valence-corrected chi connectivity index (χ2v) is 4.68. The Morgan fingerprint density at radius 2 is 1.91 bits per heavy atom. The molecule has 0 saturated carbocycles. The average molecular weight is 306 g/mol. The maximum absolute atomic E-state index is 13.2. The van der Waals surface area contributed by atoms with E-state index < -0.39 is 28.5 Å². The SMILES string of the molecule is C[C@@H](NC(=O)c1cccc([N+](=O)[O-])c1)c1ccc(F)c(F)c1. The molecule has 1 atom stereocenters. The van der Waals surface area contributed by atoms with E-state index in [4.69, 9.17) is 0 Å². The highest BCUT2D eigenvalue weighted by molar-refractivity contribution is 5.95. The first-order valence-corrected chi connectivity index (χ1v) is 6.38. The van der Waals surface area contributed by atoms with Gasteiger partial charge in [-0.25, -0.2) is 8.78 Å². The largest absolute Gasteiger partial charge is 0.346 e. The van der Waals surface area contributed by atoms with Crippen LogP contribution < -0.4 is 5.32 Å². The zero-order chi connectivity index (χ0) is 16.3. The van der Waals surface area contributed by atoms with Gasteiger partial charge in [-0.2, -0.15) is 0 Å². The number of hydrogen-bond donors (Lipinski definition) is 1. The lowest BCUT2D eigenvalue weighted by atomic mass is 10.1. The Balaban J connectivity index is 2.15. The third-order valence-electron chi connectivity index (χ3n) is 3.11. The van der Waals surface area contributed by atoms with Crippen LogP contribution >= 0.6 is 0 Å². The van der Waals surface area contributed by atoms with Crippen molar-refractivity contribution in [2.24, 2.45) is 0 Å². The Morgan fingerprint density at radius 1 is 1.18 bits per heavy atom. The molecule has 0 aromatic heterocycles. The number of benzene rings is 2. The van der Waals surface area contributed by atoms with Crippen molar-refractivity contribution >= 4 is 11.6 Å². The minimum absolute atomic E-state index is 0.114. The van der Waals surface area contributed by atoms with Crippen molar-refractivity contribution in [2.75, 3.05) is 0 Å². The summed E-state index contributed by atoms with van der Waals surface area (Å²) < 4.78 is 26.1. The van der Waals surface area contributed by atoms with Crippen molar-refractivity contribution in [3.8, 4) is 0 Å². The summed E-state index contributed by atoms with van der Waals surface area (Å²) in [5, 5.41) is 13.3. The average Bonchev–Trinajstić information content (AvgIpc) is 2.50. The topological polar surface area (TPSA) is 72.2 Å². The molecule has 0 aliphatic heterocycles. The summed E-state index contributed by atoms with van der Waals surface area (Å²) in [6.07, 6.45) is 0. The minimum Gasteiger partial charge on any atom is -0.346 e. The van der Waals surface area contributed by atoms with E-state index in [2.05, 4.69) is 5.32 Å². The van der Waals surface area contributed by atoms with Crippen molar-refractivity contribution in [3.05, 3.63) is 75.3 Å². The summed E-state index contributed by atoms with van der Waals surface area (Å²) in [6, 6.07) is 7.99. The predicted octanol–water partition coefficient (Wildman–Crippen LogP) is 3.36. The molecule has 0 bridgehead atoms. The molecule has 7 heteroatoms. The van der Waals surface area contributed by atoms with Crippen molar-refractivity contribution in [1.82, 2.24) is 5.32 Å². The monoisotopic (exact) mass is 306 g/mol. The van der Waals surface area contributed by atoms with Crippen molar-refractivity contribution in [1.29, 1.82) is 0 Å². The van der Waals surface area contributed by atoms with Crippen molar-refractivity contribution in [3.63, 3.8) is 0 Å². The molecule has 0 unspecified atom stereocenters. The van der Waals surface area contributed by atoms with E-state index in [-0.39, 0.29) is 11.3 Å². The smallest absolute Gasteiger partial charge is 0.270 e. The number of nitrogens with one attached hydrogen (secondary N) is 1. The molecule has 0 saturated heterocycles. The fraction of sp³-hybridized carbons (Fsp3) is 0.133. The molecule has 1 amide bonds. The van der Waals surface area contributed by atoms with Crippen LogP contribution in [0.15, 0.2) is 42.5 Å². The van der Waals surface area contributed by atoms with Crippen LogP contribution in [0.4, 0.5) is 14.5 Å². The Hall–Kier alpha value is -2.83. The quantitative estimate of drug-likeness (QED) is 0.695. The zero-order valence-corrected chi connectivity index (χ0v) is 11.5. The third-order valence-corrected chi connectivity index (χ3v) is 3.11. The van der Waals surface area contributed by atoms with Gasteiger partial charge in [-0.3, -0.25) is 14.9 Å². The van der Waals surface area contributed by atoms with E-state index in [1.165, 1.54) is 24.3 Å². The van der Waals surface area contributed by atoms with Gasteiger partial charge in [0.05, 0.1) is 11.0 Å². The Kier molecular flexibility index (Phi) is 4.45. The number of rotatable bonds is 4. The first-order chi connectivity index (χ1) is 10.4. The zero-order valence-electron chi connectivity index (χ0n) is 11.5. The molecule has 0 radical (unpaired) electrons. The van der Waals surface area contributed by atoms with E-state index in [0.717, 1.165) is 18.2 Å². The maximum Gasteiger partial charge on any atom is 0.270 e. The van der Waals surface area contributed by atoms with E-state index in [1.807, 2.05) is 0 Å². The molecule has 22 heavy (non-hydrogen) atoms. The number of carbonyl (C=O) groups is 1. The fourth-order valence-corrected chi connectivity index (χ4v) is 1.91. The van der Waals surface area contributed by atoms with Gasteiger partial charge in [0, 0.05) is 17.7 Å². The van der Waals surface area contributed by atoms with Gasteiger partial charge in [0.15, 0.2) is 11.6 Å². The lowest BCUT2D eigenvalue weighted by molar-refractivity contribution is -0.384. The van der Waals surface area contributed by atoms with Crippen LogP contribution in [0.5, 0.6) is 0 Å². The predicted molar refractivity (Wildman–Crippen MR) is 75.3 cm³/mol. The van der Waals surface area contributed by atoms with Gasteiger partial charge in [-0.15, -0.1) is 0 Å². The van der Waals surface area contributed by atoms with E-state index >= 15 is 0 Å². The second kappa shape index (κ2) is 6.30. The third kappa shape index (κ3) is 3.43. The number of halogens is 2. The molecular formula is C15H12F2N2O3. The summed E-state index contributed by atoms with van der Waals surface area (Å²) in [5.74, 6) is -2.52. The molecule has 0 fully saturated rings. The molecule has 5 nitrogen and oxygen atoms in total. The normalized spacial score (nSPS) is 11.8. The van der Waals surface area contributed by atoms with Gasteiger partial charge in [-0.05, 0) is 30.7 Å². The van der Waals surface area contributed by atoms with Gasteiger partial charge >= 0.3 is 0 Å². The van der Waals surface area contributed by atoms with Crippen LogP contribution in [0.25, 0.3) is 0 Å². The molecule has 1 N–H and O–H groups in total. The van der Waals surface area contributed by atoms with Crippen LogP contribution in [0.1, 0.15) is 28.9 Å². The molecule has 0 aliphatic carbocycles. The second-order valence-electron chi connectivity index (χ2n) is 4.68. The molecule has 0 aliphatic rings. The molecule has 2 rings (SSSR count). The standard InChI is InChI=1S/C15H12F2N2O3/c1-9(10-5-6-13(16)14(17)8-10)18-15(20)11-3-2-4-12(7-11)19(21)22/h2-9H,1H3,(H,18,20)/t9-/m1/s1. The Bertz CT molecular complexity index is 734. The number of hydrogen-bond acceptors (Lipinski definition) is 3. The van der Waals surface area contributed by atoms with Gasteiger partial charge in [0.1, 0.15) is 0 Å². The van der Waals surface area contributed by atoms with E-state index in [1.54, 1.807) is 6.92 Å². The molecular weight excluding hydrogens is 294 g/mol. The Labute approximate surface area is 124 Å². The number of amides is 1. The fourth-order valence-electron chi connectivity index (χ4n) is 1.91. The summed E-state index contributed by atoms with van der Waals surface area (Å²) >= 11 is 0. The number of carbonyl (C=O) groups excluding carboxylic acids is 1. The highest BCUT2D eigenvalue weighted by Gasteiger charge is 2.15. The number of non-ortho nitro benzene ring substituents is 1. The summed E-state index contributed by atoms with van der Waals surface area (Å²) in [7, 11) is 0. The maximum atomic E-state index is 13.2. The van der Waals surface area contributed by atoms with Gasteiger partial charge in [-0.1, -0.05) is 12.1 Å². The molecule has 2 aromatic carbocycles. The van der Waals surface area contributed by atoms with Crippen LogP contribution in [0, 0.1) is 21.7 Å². The van der Waals surface area contributed by atoms with Crippen LogP contribution in [-0.2, 0) is 0 Å². The van der Waals surface area contributed by atoms with E-state index in [0.29, 0.717) is 5.56 Å².